The molecule has 0 spiro atoms. The first kappa shape index (κ1) is 17.8. The molecule has 0 fully saturated rings. The van der Waals surface area contributed by atoms with Crippen molar-refractivity contribution in [3.8, 4) is 0 Å². The van der Waals surface area contributed by atoms with Crippen molar-refractivity contribution in [3.63, 3.8) is 0 Å². The molecule has 6 nitrogen and oxygen atoms in total. The average Bonchev–Trinajstić information content (AvgIpc) is 2.62. The molecule has 26 heavy (non-hydrogen) atoms. The maximum atomic E-state index is 12.5. The van der Waals surface area contributed by atoms with Gasteiger partial charge >= 0.3 is 0 Å². The van der Waals surface area contributed by atoms with Crippen molar-refractivity contribution in [2.24, 2.45) is 0 Å². The minimum Gasteiger partial charge on any atom is -0.362 e. The molecule has 0 bridgehead atoms. The van der Waals surface area contributed by atoms with Gasteiger partial charge in [-0.15, -0.1) is 0 Å². The second-order valence-corrected chi connectivity index (χ2v) is 6.31. The summed E-state index contributed by atoms with van der Waals surface area (Å²) in [5.74, 6) is 0.389. The molecule has 3 aromatic rings. The Morgan fingerprint density at radius 2 is 1.92 bits per heavy atom. The standard InChI is InChI=1S/C19H18ClN5O/c1-12-6-16(9-21-8-12)24-19(26)15-5-3-4-14(7-15)13(2)23-18-11-22-10-17(20)25-18/h3-11,13H,1-2H3,(H,23,25)(H,24,26). The highest BCUT2D eigenvalue weighted by Gasteiger charge is 2.11. The van der Waals surface area contributed by atoms with Crippen LogP contribution in [-0.2, 0) is 0 Å². The first-order valence-electron chi connectivity index (χ1n) is 8.08. The van der Waals surface area contributed by atoms with Gasteiger partial charge in [0.1, 0.15) is 11.0 Å². The highest BCUT2D eigenvalue weighted by atomic mass is 35.5. The lowest BCUT2D eigenvalue weighted by atomic mass is 10.0. The molecule has 2 N–H and O–H groups in total. The summed E-state index contributed by atoms with van der Waals surface area (Å²) in [7, 11) is 0. The van der Waals surface area contributed by atoms with E-state index in [4.69, 9.17) is 11.6 Å². The van der Waals surface area contributed by atoms with E-state index in [-0.39, 0.29) is 11.9 Å². The Balaban J connectivity index is 1.73. The number of hydrogen-bond acceptors (Lipinski definition) is 5. The van der Waals surface area contributed by atoms with Gasteiger partial charge in [-0.3, -0.25) is 14.8 Å². The first-order chi connectivity index (χ1) is 12.5. The quantitative estimate of drug-likeness (QED) is 0.704. The van der Waals surface area contributed by atoms with Crippen LogP contribution in [0.25, 0.3) is 0 Å². The number of anilines is 2. The Morgan fingerprint density at radius 3 is 2.69 bits per heavy atom. The van der Waals surface area contributed by atoms with Crippen LogP contribution in [0.5, 0.6) is 0 Å². The Kier molecular flexibility index (Phi) is 5.43. The van der Waals surface area contributed by atoms with Crippen molar-refractivity contribution in [1.29, 1.82) is 0 Å². The number of halogens is 1. The normalized spacial score (nSPS) is 11.7. The molecule has 0 aliphatic carbocycles. The van der Waals surface area contributed by atoms with Crippen molar-refractivity contribution < 1.29 is 4.79 Å². The predicted octanol–water partition coefficient (Wildman–Crippen LogP) is 4.26. The summed E-state index contributed by atoms with van der Waals surface area (Å²) in [6, 6.07) is 9.20. The molecular weight excluding hydrogens is 350 g/mol. The van der Waals surface area contributed by atoms with Gasteiger partial charge in [0.25, 0.3) is 5.91 Å². The monoisotopic (exact) mass is 367 g/mol. The zero-order valence-electron chi connectivity index (χ0n) is 14.4. The summed E-state index contributed by atoms with van der Waals surface area (Å²) in [5.41, 5.74) is 3.16. The lowest BCUT2D eigenvalue weighted by Crippen LogP contribution is -2.14. The third-order valence-electron chi connectivity index (χ3n) is 3.75. The molecule has 1 amide bonds. The Hall–Kier alpha value is -2.99. The van der Waals surface area contributed by atoms with E-state index in [1.807, 2.05) is 38.1 Å². The summed E-state index contributed by atoms with van der Waals surface area (Å²) in [4.78, 5) is 24.8. The number of nitrogens with one attached hydrogen (secondary N) is 2. The lowest BCUT2D eigenvalue weighted by molar-refractivity contribution is 0.102. The van der Waals surface area contributed by atoms with Crippen LogP contribution in [0.3, 0.4) is 0 Å². The second-order valence-electron chi connectivity index (χ2n) is 5.92. The van der Waals surface area contributed by atoms with Crippen LogP contribution in [-0.4, -0.2) is 20.9 Å². The molecule has 2 heterocycles. The van der Waals surface area contributed by atoms with Crippen LogP contribution in [0.4, 0.5) is 11.5 Å². The number of rotatable bonds is 5. The number of aromatic nitrogens is 3. The number of amides is 1. The number of nitrogens with zero attached hydrogens (tertiary/aromatic N) is 3. The van der Waals surface area contributed by atoms with E-state index in [0.29, 0.717) is 22.2 Å². The van der Waals surface area contributed by atoms with E-state index in [9.17, 15) is 4.79 Å². The molecule has 0 radical (unpaired) electrons. The molecule has 1 unspecified atom stereocenters. The van der Waals surface area contributed by atoms with E-state index < -0.39 is 0 Å². The van der Waals surface area contributed by atoms with E-state index >= 15 is 0 Å². The van der Waals surface area contributed by atoms with Crippen molar-refractivity contribution in [1.82, 2.24) is 15.0 Å². The van der Waals surface area contributed by atoms with Gasteiger partial charge in [-0.2, -0.15) is 0 Å². The van der Waals surface area contributed by atoms with Crippen LogP contribution in [0.1, 0.15) is 34.5 Å². The van der Waals surface area contributed by atoms with E-state index in [1.165, 1.54) is 6.20 Å². The summed E-state index contributed by atoms with van der Waals surface area (Å²) in [5, 5.41) is 6.40. The predicted molar refractivity (Wildman–Crippen MR) is 102 cm³/mol. The zero-order valence-corrected chi connectivity index (χ0v) is 15.2. The van der Waals surface area contributed by atoms with Gasteiger partial charge in [0.15, 0.2) is 0 Å². The fourth-order valence-electron chi connectivity index (χ4n) is 2.49. The van der Waals surface area contributed by atoms with Crippen molar-refractivity contribution in [2.45, 2.75) is 19.9 Å². The maximum absolute atomic E-state index is 12.5. The van der Waals surface area contributed by atoms with Crippen LogP contribution in [0, 0.1) is 6.92 Å². The smallest absolute Gasteiger partial charge is 0.255 e. The van der Waals surface area contributed by atoms with Gasteiger partial charge in [0.05, 0.1) is 30.3 Å². The molecule has 2 aromatic heterocycles. The van der Waals surface area contributed by atoms with Gasteiger partial charge < -0.3 is 10.6 Å². The zero-order chi connectivity index (χ0) is 18.5. The maximum Gasteiger partial charge on any atom is 0.255 e. The molecule has 1 atom stereocenters. The molecule has 1 aromatic carbocycles. The Morgan fingerprint density at radius 1 is 1.12 bits per heavy atom. The van der Waals surface area contributed by atoms with Crippen LogP contribution in [0.2, 0.25) is 5.15 Å². The summed E-state index contributed by atoms with van der Waals surface area (Å²) < 4.78 is 0. The highest BCUT2D eigenvalue weighted by molar-refractivity contribution is 6.29. The molecule has 7 heteroatoms. The van der Waals surface area contributed by atoms with Gasteiger partial charge in [-0.25, -0.2) is 4.98 Å². The van der Waals surface area contributed by atoms with E-state index in [0.717, 1.165) is 11.1 Å². The van der Waals surface area contributed by atoms with Gasteiger partial charge in [-0.1, -0.05) is 23.7 Å². The first-order valence-corrected chi connectivity index (χ1v) is 8.46. The number of aryl methyl sites for hydroxylation is 1. The number of benzene rings is 1. The third-order valence-corrected chi connectivity index (χ3v) is 3.93. The third kappa shape index (κ3) is 4.55. The van der Waals surface area contributed by atoms with E-state index in [2.05, 4.69) is 25.6 Å². The van der Waals surface area contributed by atoms with Gasteiger partial charge in [0, 0.05) is 11.8 Å². The van der Waals surface area contributed by atoms with Crippen molar-refractivity contribution in [2.75, 3.05) is 10.6 Å². The number of carbonyl (C=O) groups excluding carboxylic acids is 1. The molecule has 0 aliphatic heterocycles. The van der Waals surface area contributed by atoms with Crippen LogP contribution < -0.4 is 10.6 Å². The van der Waals surface area contributed by atoms with Gasteiger partial charge in [-0.05, 0) is 43.2 Å². The molecular formula is C19H18ClN5O. The second kappa shape index (κ2) is 7.93. The minimum absolute atomic E-state index is 0.0730. The molecule has 132 valence electrons. The van der Waals surface area contributed by atoms with Crippen molar-refractivity contribution in [3.05, 3.63) is 77.0 Å². The van der Waals surface area contributed by atoms with Crippen molar-refractivity contribution >= 4 is 29.0 Å². The highest BCUT2D eigenvalue weighted by Crippen LogP contribution is 2.20. The SMILES string of the molecule is Cc1cncc(NC(=O)c2cccc(C(C)Nc3cncc(Cl)n3)c2)c1. The molecule has 0 aliphatic rings. The summed E-state index contributed by atoms with van der Waals surface area (Å²) in [6.07, 6.45) is 6.44. The molecule has 0 saturated heterocycles. The van der Waals surface area contributed by atoms with Crippen LogP contribution >= 0.6 is 11.6 Å². The minimum atomic E-state index is -0.186. The Bertz CT molecular complexity index is 931. The van der Waals surface area contributed by atoms with Crippen LogP contribution in [0.15, 0.2) is 55.1 Å². The number of carbonyl (C=O) groups is 1. The molecule has 3 rings (SSSR count). The number of pyridine rings is 1. The average molecular weight is 368 g/mol. The largest absolute Gasteiger partial charge is 0.362 e. The van der Waals surface area contributed by atoms with E-state index in [1.54, 1.807) is 24.7 Å². The Labute approximate surface area is 156 Å². The fourth-order valence-corrected chi connectivity index (χ4v) is 2.64. The molecule has 0 saturated carbocycles. The number of hydrogen-bond donors (Lipinski definition) is 2. The lowest BCUT2D eigenvalue weighted by Gasteiger charge is -2.15. The topological polar surface area (TPSA) is 79.8 Å². The summed E-state index contributed by atoms with van der Waals surface area (Å²) >= 11 is 5.86. The van der Waals surface area contributed by atoms with Gasteiger partial charge in [0.2, 0.25) is 0 Å². The fraction of sp³-hybridized carbons (Fsp3) is 0.158. The summed E-state index contributed by atoms with van der Waals surface area (Å²) in [6.45, 7) is 3.90.